The van der Waals surface area contributed by atoms with Crippen molar-refractivity contribution < 1.29 is 13.2 Å². The molecule has 3 heterocycles. The van der Waals surface area contributed by atoms with Gasteiger partial charge in [-0.1, -0.05) is 29.8 Å². The second-order valence-corrected chi connectivity index (χ2v) is 11.1. The number of piperidine rings is 1. The molecule has 1 aliphatic heterocycles. The molecular weight excluding hydrogens is 456 g/mol. The van der Waals surface area contributed by atoms with Crippen LogP contribution in [0.5, 0.6) is 0 Å². The first-order valence-electron chi connectivity index (χ1n) is 9.93. The fourth-order valence-electron chi connectivity index (χ4n) is 3.78. The topological polar surface area (TPSA) is 84.3 Å². The first-order chi connectivity index (χ1) is 14.9. The number of benzene rings is 1. The lowest BCUT2D eigenvalue weighted by Gasteiger charge is -2.32. The smallest absolute Gasteiger partial charge is 0.252 e. The zero-order valence-corrected chi connectivity index (χ0v) is 19.3. The Morgan fingerprint density at radius 2 is 2.06 bits per heavy atom. The fraction of sp³-hybridized carbons (Fsp3) is 0.333. The molecule has 10 heteroatoms. The average Bonchev–Trinajstić information content (AvgIpc) is 3.45. The molecule has 1 fully saturated rings. The number of hydrogen-bond acceptors (Lipinski definition) is 5. The molecule has 4 rings (SSSR count). The zero-order chi connectivity index (χ0) is 22.0. The standard InChI is InChI=1S/C21H23ClN4O3S2/c1-25-12-10-23-20(25)19(15-6-8-17(22)9-7-15)24-21(27)16-4-2-11-26(14-16)31(28,29)18-5-3-13-30-18/h3,5-10,12-13,16,19H,2,4,11,14H2,1H3,(H,24,27)/t16-,19-/m1/s1. The van der Waals surface area contributed by atoms with Gasteiger partial charge in [0.25, 0.3) is 10.0 Å². The Labute approximate surface area is 190 Å². The molecule has 0 unspecified atom stereocenters. The van der Waals surface area contributed by atoms with Crippen LogP contribution in [0.15, 0.2) is 58.4 Å². The Morgan fingerprint density at radius 3 is 2.71 bits per heavy atom. The van der Waals surface area contributed by atoms with Gasteiger partial charge >= 0.3 is 0 Å². The molecule has 0 aliphatic carbocycles. The van der Waals surface area contributed by atoms with E-state index >= 15 is 0 Å². The maximum atomic E-state index is 13.2. The Balaban J connectivity index is 1.54. The lowest BCUT2D eigenvalue weighted by Crippen LogP contribution is -2.46. The van der Waals surface area contributed by atoms with Crippen molar-refractivity contribution in [2.45, 2.75) is 23.1 Å². The molecule has 0 spiro atoms. The molecule has 1 aromatic carbocycles. The van der Waals surface area contributed by atoms with E-state index in [4.69, 9.17) is 11.6 Å². The molecule has 31 heavy (non-hydrogen) atoms. The number of aromatic nitrogens is 2. The van der Waals surface area contributed by atoms with Crippen LogP contribution in [0, 0.1) is 5.92 Å². The summed E-state index contributed by atoms with van der Waals surface area (Å²) >= 11 is 7.22. The van der Waals surface area contributed by atoms with Crippen LogP contribution in [-0.2, 0) is 21.9 Å². The van der Waals surface area contributed by atoms with E-state index in [1.54, 1.807) is 35.8 Å². The van der Waals surface area contributed by atoms with Crippen LogP contribution in [-0.4, -0.2) is 41.3 Å². The summed E-state index contributed by atoms with van der Waals surface area (Å²) in [7, 11) is -1.71. The summed E-state index contributed by atoms with van der Waals surface area (Å²) in [6, 6.07) is 10.1. The third-order valence-electron chi connectivity index (χ3n) is 5.45. The van der Waals surface area contributed by atoms with Crippen molar-refractivity contribution in [2.75, 3.05) is 13.1 Å². The normalized spacial score (nSPS) is 18.6. The van der Waals surface area contributed by atoms with Crippen molar-refractivity contribution in [1.29, 1.82) is 0 Å². The molecular formula is C21H23ClN4O3S2. The number of imidazole rings is 1. The van der Waals surface area contributed by atoms with Crippen LogP contribution in [0.3, 0.4) is 0 Å². The van der Waals surface area contributed by atoms with Gasteiger partial charge in [0.05, 0.1) is 5.92 Å². The minimum absolute atomic E-state index is 0.167. The lowest BCUT2D eigenvalue weighted by molar-refractivity contribution is -0.126. The summed E-state index contributed by atoms with van der Waals surface area (Å²) in [4.78, 5) is 17.6. The van der Waals surface area contributed by atoms with Gasteiger partial charge in [-0.05, 0) is 42.0 Å². The van der Waals surface area contributed by atoms with Crippen LogP contribution in [0.4, 0.5) is 0 Å². The lowest BCUT2D eigenvalue weighted by atomic mass is 9.97. The largest absolute Gasteiger partial charge is 0.342 e. The highest BCUT2D eigenvalue weighted by Crippen LogP contribution is 2.28. The summed E-state index contributed by atoms with van der Waals surface area (Å²) in [6.45, 7) is 0.587. The molecule has 3 aromatic rings. The number of nitrogens with zero attached hydrogens (tertiary/aromatic N) is 3. The Hall–Kier alpha value is -2.20. The van der Waals surface area contributed by atoms with Gasteiger partial charge in [0.1, 0.15) is 16.1 Å². The molecule has 0 radical (unpaired) electrons. The Kier molecular flexibility index (Phi) is 6.47. The zero-order valence-electron chi connectivity index (χ0n) is 16.9. The molecule has 7 nitrogen and oxygen atoms in total. The number of amides is 1. The molecule has 1 aliphatic rings. The van der Waals surface area contributed by atoms with Gasteiger partial charge in [0, 0.05) is 37.6 Å². The van der Waals surface area contributed by atoms with Crippen molar-refractivity contribution in [1.82, 2.24) is 19.2 Å². The van der Waals surface area contributed by atoms with Crippen LogP contribution in [0.1, 0.15) is 30.3 Å². The highest BCUT2D eigenvalue weighted by atomic mass is 35.5. The number of carbonyl (C=O) groups is 1. The molecule has 0 bridgehead atoms. The number of halogens is 1. The SMILES string of the molecule is Cn1ccnc1[C@H](NC(=O)[C@@H]1CCCN(S(=O)(=O)c2cccs2)C1)c1ccc(Cl)cc1. The quantitative estimate of drug-likeness (QED) is 0.588. The van der Waals surface area contributed by atoms with Gasteiger partial charge < -0.3 is 9.88 Å². The summed E-state index contributed by atoms with van der Waals surface area (Å²) in [5.41, 5.74) is 0.853. The molecule has 164 valence electrons. The number of nitrogens with one attached hydrogen (secondary N) is 1. The first-order valence-corrected chi connectivity index (χ1v) is 12.6. The molecule has 2 aromatic heterocycles. The number of thiophene rings is 1. The number of aryl methyl sites for hydroxylation is 1. The minimum Gasteiger partial charge on any atom is -0.342 e. The first kappa shape index (κ1) is 22.0. The predicted molar refractivity (Wildman–Crippen MR) is 120 cm³/mol. The third kappa shape index (κ3) is 4.69. The van der Waals surface area contributed by atoms with E-state index in [0.29, 0.717) is 34.4 Å². The van der Waals surface area contributed by atoms with E-state index < -0.39 is 22.0 Å². The molecule has 1 amide bonds. The van der Waals surface area contributed by atoms with Gasteiger partial charge in [0.15, 0.2) is 0 Å². The van der Waals surface area contributed by atoms with E-state index in [2.05, 4.69) is 10.3 Å². The van der Waals surface area contributed by atoms with E-state index in [-0.39, 0.29) is 12.5 Å². The number of rotatable bonds is 6. The van der Waals surface area contributed by atoms with E-state index in [1.807, 2.05) is 29.9 Å². The maximum Gasteiger partial charge on any atom is 0.252 e. The van der Waals surface area contributed by atoms with Gasteiger partial charge in [-0.15, -0.1) is 11.3 Å². The van der Waals surface area contributed by atoms with Gasteiger partial charge in [-0.25, -0.2) is 13.4 Å². The average molecular weight is 479 g/mol. The predicted octanol–water partition coefficient (Wildman–Crippen LogP) is 3.44. The molecule has 1 saturated heterocycles. The molecule has 1 N–H and O–H groups in total. The van der Waals surface area contributed by atoms with Crippen LogP contribution in [0.25, 0.3) is 0 Å². The van der Waals surface area contributed by atoms with Crippen LogP contribution in [0.2, 0.25) is 5.02 Å². The number of carbonyl (C=O) groups excluding carboxylic acids is 1. The highest BCUT2D eigenvalue weighted by molar-refractivity contribution is 7.91. The minimum atomic E-state index is -3.58. The van der Waals surface area contributed by atoms with Crippen LogP contribution >= 0.6 is 22.9 Å². The summed E-state index contributed by atoms with van der Waals surface area (Å²) in [5, 5.41) is 5.44. The van der Waals surface area contributed by atoms with E-state index in [1.165, 1.54) is 15.6 Å². The van der Waals surface area contributed by atoms with E-state index in [0.717, 1.165) is 5.56 Å². The highest BCUT2D eigenvalue weighted by Gasteiger charge is 2.35. The third-order valence-corrected chi connectivity index (χ3v) is 8.94. The van der Waals surface area contributed by atoms with Gasteiger partial charge in [-0.3, -0.25) is 4.79 Å². The second-order valence-electron chi connectivity index (χ2n) is 7.52. The van der Waals surface area contributed by atoms with Crippen molar-refractivity contribution >= 4 is 38.9 Å². The fourth-order valence-corrected chi connectivity index (χ4v) is 6.57. The Bertz CT molecular complexity index is 1140. The summed E-state index contributed by atoms with van der Waals surface area (Å²) < 4.78 is 29.4. The monoisotopic (exact) mass is 478 g/mol. The number of hydrogen-bond donors (Lipinski definition) is 1. The van der Waals surface area contributed by atoms with Gasteiger partial charge in [0.2, 0.25) is 5.91 Å². The summed E-state index contributed by atoms with van der Waals surface area (Å²) in [6.07, 6.45) is 4.77. The van der Waals surface area contributed by atoms with Crippen LogP contribution < -0.4 is 5.32 Å². The van der Waals surface area contributed by atoms with Gasteiger partial charge in [-0.2, -0.15) is 4.31 Å². The van der Waals surface area contributed by atoms with E-state index in [9.17, 15) is 13.2 Å². The van der Waals surface area contributed by atoms with Crippen molar-refractivity contribution in [3.63, 3.8) is 0 Å². The molecule has 2 atom stereocenters. The Morgan fingerprint density at radius 1 is 1.29 bits per heavy atom. The van der Waals surface area contributed by atoms with Crippen molar-refractivity contribution in [3.05, 3.63) is 70.6 Å². The maximum absolute atomic E-state index is 13.2. The second kappa shape index (κ2) is 9.12. The van der Waals surface area contributed by atoms with Crippen molar-refractivity contribution in [3.8, 4) is 0 Å². The number of sulfonamides is 1. The van der Waals surface area contributed by atoms with Crippen molar-refractivity contribution in [2.24, 2.45) is 13.0 Å². The molecule has 0 saturated carbocycles. The summed E-state index contributed by atoms with van der Waals surface area (Å²) in [5.74, 6) is 0.0714.